The SMILES string of the molecule is CCn1cc(C[C@@H]2[C@H](O)c3ccccc3S(=O)(=O)N2CCO)c(C)n1. The Bertz CT molecular complexity index is 863. The van der Waals surface area contributed by atoms with Gasteiger partial charge >= 0.3 is 0 Å². The largest absolute Gasteiger partial charge is 0.395 e. The van der Waals surface area contributed by atoms with E-state index in [0.29, 0.717) is 12.0 Å². The molecule has 0 saturated heterocycles. The van der Waals surface area contributed by atoms with Crippen molar-refractivity contribution in [3.63, 3.8) is 0 Å². The van der Waals surface area contributed by atoms with Gasteiger partial charge in [-0.3, -0.25) is 4.68 Å². The van der Waals surface area contributed by atoms with Crippen molar-refractivity contribution in [2.75, 3.05) is 13.2 Å². The molecular formula is C17H23N3O4S. The van der Waals surface area contributed by atoms with E-state index in [1.54, 1.807) is 22.9 Å². The maximum atomic E-state index is 13.0. The van der Waals surface area contributed by atoms with Gasteiger partial charge in [-0.25, -0.2) is 8.42 Å². The van der Waals surface area contributed by atoms with E-state index in [9.17, 15) is 18.6 Å². The van der Waals surface area contributed by atoms with Crippen LogP contribution < -0.4 is 0 Å². The molecule has 2 heterocycles. The lowest BCUT2D eigenvalue weighted by Crippen LogP contribution is -2.50. The highest BCUT2D eigenvalue weighted by molar-refractivity contribution is 7.89. The van der Waals surface area contributed by atoms with Gasteiger partial charge in [0, 0.05) is 24.8 Å². The summed E-state index contributed by atoms with van der Waals surface area (Å²) in [5, 5.41) is 24.6. The zero-order chi connectivity index (χ0) is 18.2. The Morgan fingerprint density at radius 2 is 2.00 bits per heavy atom. The van der Waals surface area contributed by atoms with Gasteiger partial charge in [-0.1, -0.05) is 18.2 Å². The van der Waals surface area contributed by atoms with Gasteiger partial charge in [0.05, 0.1) is 29.3 Å². The summed E-state index contributed by atoms with van der Waals surface area (Å²) in [6.45, 7) is 4.20. The molecule has 0 spiro atoms. The molecule has 8 heteroatoms. The smallest absolute Gasteiger partial charge is 0.243 e. The number of aryl methyl sites for hydroxylation is 2. The van der Waals surface area contributed by atoms with Gasteiger partial charge in [-0.05, 0) is 31.9 Å². The number of aromatic nitrogens is 2. The van der Waals surface area contributed by atoms with Crippen molar-refractivity contribution in [2.45, 2.75) is 43.9 Å². The second-order valence-corrected chi connectivity index (χ2v) is 8.05. The van der Waals surface area contributed by atoms with Crippen molar-refractivity contribution in [1.82, 2.24) is 14.1 Å². The molecule has 1 aliphatic rings. The average molecular weight is 365 g/mol. The lowest BCUT2D eigenvalue weighted by Gasteiger charge is -2.39. The van der Waals surface area contributed by atoms with Gasteiger partial charge in [0.1, 0.15) is 0 Å². The molecule has 1 aromatic carbocycles. The minimum atomic E-state index is -3.77. The van der Waals surface area contributed by atoms with E-state index >= 15 is 0 Å². The molecule has 0 saturated carbocycles. The quantitative estimate of drug-likeness (QED) is 0.819. The number of sulfonamides is 1. The minimum Gasteiger partial charge on any atom is -0.395 e. The number of nitrogens with zero attached hydrogens (tertiary/aromatic N) is 3. The molecule has 7 nitrogen and oxygen atoms in total. The van der Waals surface area contributed by atoms with E-state index in [0.717, 1.165) is 17.8 Å². The van der Waals surface area contributed by atoms with Crippen molar-refractivity contribution in [3.05, 3.63) is 47.3 Å². The predicted octanol–water partition coefficient (Wildman–Crippen LogP) is 0.853. The molecule has 2 aromatic rings. The summed E-state index contributed by atoms with van der Waals surface area (Å²) in [5.41, 5.74) is 2.11. The van der Waals surface area contributed by atoms with Gasteiger partial charge < -0.3 is 10.2 Å². The molecule has 0 amide bonds. The van der Waals surface area contributed by atoms with E-state index in [-0.39, 0.29) is 18.0 Å². The molecule has 0 aliphatic carbocycles. The van der Waals surface area contributed by atoms with Gasteiger partial charge in [-0.2, -0.15) is 9.40 Å². The van der Waals surface area contributed by atoms with Crippen LogP contribution in [0.25, 0.3) is 0 Å². The average Bonchev–Trinajstić information content (AvgIpc) is 2.96. The van der Waals surface area contributed by atoms with Crippen LogP contribution in [-0.2, 0) is 23.0 Å². The third-order valence-corrected chi connectivity index (χ3v) is 6.68. The summed E-state index contributed by atoms with van der Waals surface area (Å²) in [6, 6.07) is 5.81. The molecule has 136 valence electrons. The van der Waals surface area contributed by atoms with Crippen molar-refractivity contribution in [3.8, 4) is 0 Å². The molecule has 1 aliphatic heterocycles. The van der Waals surface area contributed by atoms with Crippen molar-refractivity contribution in [1.29, 1.82) is 0 Å². The van der Waals surface area contributed by atoms with Gasteiger partial charge in [-0.15, -0.1) is 0 Å². The van der Waals surface area contributed by atoms with Crippen LogP contribution in [0, 0.1) is 6.92 Å². The number of β-amino-alcohol motifs (C(OH)–C–C–N with tert-alkyl or cyclic N) is 1. The summed E-state index contributed by atoms with van der Waals surface area (Å²) in [5.74, 6) is 0. The Morgan fingerprint density at radius 1 is 1.28 bits per heavy atom. The predicted molar refractivity (Wildman–Crippen MR) is 92.5 cm³/mol. The highest BCUT2D eigenvalue weighted by Gasteiger charge is 2.43. The highest BCUT2D eigenvalue weighted by atomic mass is 32.2. The maximum Gasteiger partial charge on any atom is 0.243 e. The Morgan fingerprint density at radius 3 is 2.64 bits per heavy atom. The zero-order valence-electron chi connectivity index (χ0n) is 14.3. The molecule has 25 heavy (non-hydrogen) atoms. The van der Waals surface area contributed by atoms with Crippen LogP contribution >= 0.6 is 0 Å². The van der Waals surface area contributed by atoms with Crippen LogP contribution in [0.5, 0.6) is 0 Å². The fourth-order valence-electron chi connectivity index (χ4n) is 3.37. The molecule has 0 fully saturated rings. The van der Waals surface area contributed by atoms with Crippen molar-refractivity contribution in [2.24, 2.45) is 0 Å². The van der Waals surface area contributed by atoms with Crippen LogP contribution in [0.1, 0.15) is 29.8 Å². The fourth-order valence-corrected chi connectivity index (χ4v) is 5.23. The molecule has 0 radical (unpaired) electrons. The van der Waals surface area contributed by atoms with Crippen LogP contribution in [0.3, 0.4) is 0 Å². The summed E-state index contributed by atoms with van der Waals surface area (Å²) < 4.78 is 28.9. The lowest BCUT2D eigenvalue weighted by atomic mass is 9.96. The first-order chi connectivity index (χ1) is 11.9. The summed E-state index contributed by atoms with van der Waals surface area (Å²) in [6.07, 6.45) is 1.25. The number of aliphatic hydroxyl groups excluding tert-OH is 2. The Balaban J connectivity index is 2.05. The molecular weight excluding hydrogens is 342 g/mol. The number of rotatable bonds is 5. The summed E-state index contributed by atoms with van der Waals surface area (Å²) >= 11 is 0. The first kappa shape index (κ1) is 18.1. The van der Waals surface area contributed by atoms with Crippen LogP contribution in [0.2, 0.25) is 0 Å². The Kier molecular flexibility index (Phi) is 4.97. The maximum absolute atomic E-state index is 13.0. The first-order valence-electron chi connectivity index (χ1n) is 8.32. The van der Waals surface area contributed by atoms with E-state index in [1.165, 1.54) is 10.4 Å². The topological polar surface area (TPSA) is 95.7 Å². The molecule has 1 aromatic heterocycles. The number of benzene rings is 1. The van der Waals surface area contributed by atoms with Crippen LogP contribution in [0.4, 0.5) is 0 Å². The zero-order valence-corrected chi connectivity index (χ0v) is 15.1. The molecule has 2 N–H and O–H groups in total. The van der Waals surface area contributed by atoms with Gasteiger partial charge in [0.25, 0.3) is 0 Å². The normalized spacial score (nSPS) is 22.7. The highest BCUT2D eigenvalue weighted by Crippen LogP contribution is 2.37. The Hall–Kier alpha value is -1.74. The number of hydrogen-bond donors (Lipinski definition) is 2. The minimum absolute atomic E-state index is 0.0562. The molecule has 0 unspecified atom stereocenters. The number of aliphatic hydroxyl groups is 2. The molecule has 2 atom stereocenters. The monoisotopic (exact) mass is 365 g/mol. The van der Waals surface area contributed by atoms with E-state index in [1.807, 2.05) is 20.0 Å². The second-order valence-electron chi connectivity index (χ2n) is 6.19. The van der Waals surface area contributed by atoms with Crippen molar-refractivity contribution < 1.29 is 18.6 Å². The van der Waals surface area contributed by atoms with Crippen LogP contribution in [0.15, 0.2) is 35.4 Å². The number of fused-ring (bicyclic) bond motifs is 1. The first-order valence-corrected chi connectivity index (χ1v) is 9.76. The van der Waals surface area contributed by atoms with Gasteiger partial charge in [0.2, 0.25) is 10.0 Å². The third kappa shape index (κ3) is 3.10. The molecule has 0 bridgehead atoms. The van der Waals surface area contributed by atoms with Gasteiger partial charge in [0.15, 0.2) is 0 Å². The van der Waals surface area contributed by atoms with E-state index < -0.39 is 22.2 Å². The van der Waals surface area contributed by atoms with Crippen molar-refractivity contribution >= 4 is 10.0 Å². The Labute approximate surface area is 147 Å². The van der Waals surface area contributed by atoms with Crippen LogP contribution in [-0.4, -0.2) is 51.9 Å². The summed E-state index contributed by atoms with van der Waals surface area (Å²) in [7, 11) is -3.77. The second kappa shape index (κ2) is 6.87. The third-order valence-electron chi connectivity index (χ3n) is 4.68. The lowest BCUT2D eigenvalue weighted by molar-refractivity contribution is 0.0724. The number of hydrogen-bond acceptors (Lipinski definition) is 5. The van der Waals surface area contributed by atoms with E-state index in [2.05, 4.69) is 5.10 Å². The standard InChI is InChI=1S/C17H23N3O4S/c1-3-19-11-13(12(2)18-19)10-15-17(22)14-6-4-5-7-16(14)25(23,24)20(15)8-9-21/h4-7,11,15,17,21-22H,3,8-10H2,1-2H3/t15-,17-/m1/s1. The summed E-state index contributed by atoms with van der Waals surface area (Å²) in [4.78, 5) is 0.105. The molecule has 3 rings (SSSR count). The fraction of sp³-hybridized carbons (Fsp3) is 0.471. The van der Waals surface area contributed by atoms with E-state index in [4.69, 9.17) is 0 Å².